The van der Waals surface area contributed by atoms with Gasteiger partial charge < -0.3 is 14.8 Å². The molecule has 1 aromatic heterocycles. The van der Waals surface area contributed by atoms with Crippen LogP contribution in [-0.4, -0.2) is 24.7 Å². The first kappa shape index (κ1) is 14.3. The molecule has 0 saturated carbocycles. The number of ether oxygens (including phenoxy) is 2. The Balaban J connectivity index is 1.71. The summed E-state index contributed by atoms with van der Waals surface area (Å²) in [6.07, 6.45) is 3.59. The van der Waals surface area contributed by atoms with Gasteiger partial charge in [-0.05, 0) is 36.8 Å². The molecule has 4 nitrogen and oxygen atoms in total. The molecular formula is C16H20N2O2. The zero-order chi connectivity index (χ0) is 14.0. The summed E-state index contributed by atoms with van der Waals surface area (Å²) in [6.45, 7) is 4.81. The van der Waals surface area contributed by atoms with Crippen molar-refractivity contribution in [3.8, 4) is 11.5 Å². The quantitative estimate of drug-likeness (QED) is 0.750. The Morgan fingerprint density at radius 2 is 1.70 bits per heavy atom. The van der Waals surface area contributed by atoms with E-state index in [9.17, 15) is 0 Å². The molecule has 0 saturated heterocycles. The van der Waals surface area contributed by atoms with Gasteiger partial charge in [0.1, 0.15) is 6.61 Å². The minimum atomic E-state index is 0.606. The van der Waals surface area contributed by atoms with Crippen molar-refractivity contribution in [2.45, 2.75) is 13.5 Å². The summed E-state index contributed by atoms with van der Waals surface area (Å²) >= 11 is 0. The van der Waals surface area contributed by atoms with Gasteiger partial charge >= 0.3 is 0 Å². The molecule has 1 N–H and O–H groups in total. The van der Waals surface area contributed by atoms with Crippen molar-refractivity contribution in [3.63, 3.8) is 0 Å². The van der Waals surface area contributed by atoms with Gasteiger partial charge in [-0.2, -0.15) is 0 Å². The van der Waals surface area contributed by atoms with E-state index in [2.05, 4.69) is 10.3 Å². The molecule has 2 rings (SSSR count). The van der Waals surface area contributed by atoms with Crippen LogP contribution in [0.5, 0.6) is 11.5 Å². The van der Waals surface area contributed by atoms with E-state index >= 15 is 0 Å². The molecule has 0 unspecified atom stereocenters. The first-order valence-electron chi connectivity index (χ1n) is 6.84. The van der Waals surface area contributed by atoms with Gasteiger partial charge in [-0.1, -0.05) is 12.1 Å². The summed E-state index contributed by atoms with van der Waals surface area (Å²) in [7, 11) is 0. The molecule has 0 aliphatic heterocycles. The third-order valence-electron chi connectivity index (χ3n) is 2.76. The lowest BCUT2D eigenvalue weighted by Crippen LogP contribution is -2.20. The number of aromatic nitrogens is 1. The standard InChI is InChI=1S/C16H20N2O2/c1-2-19-15-5-3-4-6-16(15)20-12-11-18-13-14-7-9-17-10-8-14/h3-10,18H,2,11-13H2,1H3. The highest BCUT2D eigenvalue weighted by Gasteiger charge is 2.02. The molecule has 0 bridgehead atoms. The summed E-state index contributed by atoms with van der Waals surface area (Å²) in [6, 6.07) is 11.7. The molecule has 0 atom stereocenters. The molecular weight excluding hydrogens is 252 g/mol. The third kappa shape index (κ3) is 4.55. The van der Waals surface area contributed by atoms with Gasteiger partial charge in [-0.3, -0.25) is 4.98 Å². The van der Waals surface area contributed by atoms with Crippen LogP contribution in [0, 0.1) is 0 Å². The Morgan fingerprint density at radius 1 is 1.00 bits per heavy atom. The van der Waals surface area contributed by atoms with E-state index in [0.717, 1.165) is 24.6 Å². The van der Waals surface area contributed by atoms with Crippen molar-refractivity contribution in [1.29, 1.82) is 0 Å². The first-order valence-corrected chi connectivity index (χ1v) is 6.84. The zero-order valence-corrected chi connectivity index (χ0v) is 11.7. The summed E-state index contributed by atoms with van der Waals surface area (Å²) in [5.74, 6) is 1.59. The fraction of sp³-hybridized carbons (Fsp3) is 0.312. The van der Waals surface area contributed by atoms with Gasteiger partial charge in [0.15, 0.2) is 11.5 Å². The maximum absolute atomic E-state index is 5.73. The largest absolute Gasteiger partial charge is 0.490 e. The van der Waals surface area contributed by atoms with Gasteiger partial charge in [0.05, 0.1) is 6.61 Å². The number of hydrogen-bond acceptors (Lipinski definition) is 4. The van der Waals surface area contributed by atoms with Crippen molar-refractivity contribution in [2.24, 2.45) is 0 Å². The number of rotatable bonds is 8. The number of nitrogens with zero attached hydrogens (tertiary/aromatic N) is 1. The van der Waals surface area contributed by atoms with E-state index in [1.165, 1.54) is 5.56 Å². The first-order chi connectivity index (χ1) is 9.90. The van der Waals surface area contributed by atoms with Crippen LogP contribution < -0.4 is 14.8 Å². The Hall–Kier alpha value is -2.07. The lowest BCUT2D eigenvalue weighted by molar-refractivity contribution is 0.275. The highest BCUT2D eigenvalue weighted by molar-refractivity contribution is 5.39. The molecule has 0 radical (unpaired) electrons. The Bertz CT molecular complexity index is 503. The van der Waals surface area contributed by atoms with Crippen LogP contribution in [0.2, 0.25) is 0 Å². The monoisotopic (exact) mass is 272 g/mol. The summed E-state index contributed by atoms with van der Waals surface area (Å²) in [4.78, 5) is 3.99. The number of nitrogens with one attached hydrogen (secondary N) is 1. The van der Waals surface area contributed by atoms with Gasteiger partial charge in [0, 0.05) is 25.5 Å². The maximum atomic E-state index is 5.73. The molecule has 2 aromatic rings. The van der Waals surface area contributed by atoms with Crippen LogP contribution in [0.3, 0.4) is 0 Å². The SMILES string of the molecule is CCOc1ccccc1OCCNCc1ccncc1. The molecule has 1 heterocycles. The lowest BCUT2D eigenvalue weighted by Gasteiger charge is -2.11. The van der Waals surface area contributed by atoms with Crippen molar-refractivity contribution >= 4 is 0 Å². The van der Waals surface area contributed by atoms with E-state index in [4.69, 9.17) is 9.47 Å². The molecule has 4 heteroatoms. The number of benzene rings is 1. The Labute approximate surface area is 119 Å². The fourth-order valence-electron chi connectivity index (χ4n) is 1.81. The van der Waals surface area contributed by atoms with E-state index in [1.54, 1.807) is 12.4 Å². The molecule has 106 valence electrons. The smallest absolute Gasteiger partial charge is 0.161 e. The second kappa shape index (κ2) is 8.17. The third-order valence-corrected chi connectivity index (χ3v) is 2.76. The molecule has 0 aliphatic carbocycles. The topological polar surface area (TPSA) is 43.4 Å². The van der Waals surface area contributed by atoms with Crippen molar-refractivity contribution in [1.82, 2.24) is 10.3 Å². The number of pyridine rings is 1. The predicted octanol–water partition coefficient (Wildman–Crippen LogP) is 2.65. The predicted molar refractivity (Wildman–Crippen MR) is 79.0 cm³/mol. The van der Waals surface area contributed by atoms with E-state index in [-0.39, 0.29) is 0 Å². The molecule has 1 aromatic carbocycles. The highest BCUT2D eigenvalue weighted by Crippen LogP contribution is 2.25. The summed E-state index contributed by atoms with van der Waals surface area (Å²) < 4.78 is 11.2. The normalized spacial score (nSPS) is 10.2. The molecule has 0 spiro atoms. The minimum Gasteiger partial charge on any atom is -0.490 e. The average molecular weight is 272 g/mol. The summed E-state index contributed by atoms with van der Waals surface area (Å²) in [5, 5.41) is 3.33. The minimum absolute atomic E-state index is 0.606. The van der Waals surface area contributed by atoms with Crippen LogP contribution in [0.15, 0.2) is 48.8 Å². The van der Waals surface area contributed by atoms with E-state index < -0.39 is 0 Å². The molecule has 20 heavy (non-hydrogen) atoms. The second-order valence-corrected chi connectivity index (χ2v) is 4.26. The van der Waals surface area contributed by atoms with Crippen molar-refractivity contribution in [2.75, 3.05) is 19.8 Å². The maximum Gasteiger partial charge on any atom is 0.161 e. The Kier molecular flexibility index (Phi) is 5.86. The lowest BCUT2D eigenvalue weighted by atomic mass is 10.3. The van der Waals surface area contributed by atoms with Crippen LogP contribution in [0.4, 0.5) is 0 Å². The number of para-hydroxylation sites is 2. The Morgan fingerprint density at radius 3 is 2.40 bits per heavy atom. The molecule has 0 fully saturated rings. The van der Waals surface area contributed by atoms with Crippen molar-refractivity contribution < 1.29 is 9.47 Å². The van der Waals surface area contributed by atoms with E-state index in [1.807, 2.05) is 43.3 Å². The van der Waals surface area contributed by atoms with E-state index in [0.29, 0.717) is 13.2 Å². The second-order valence-electron chi connectivity index (χ2n) is 4.26. The van der Waals surface area contributed by atoms with Crippen LogP contribution in [0.25, 0.3) is 0 Å². The zero-order valence-electron chi connectivity index (χ0n) is 11.7. The van der Waals surface area contributed by atoms with Crippen molar-refractivity contribution in [3.05, 3.63) is 54.4 Å². The molecule has 0 aliphatic rings. The van der Waals surface area contributed by atoms with Crippen LogP contribution >= 0.6 is 0 Å². The summed E-state index contributed by atoms with van der Waals surface area (Å²) in [5.41, 5.74) is 1.22. The fourth-order valence-corrected chi connectivity index (χ4v) is 1.81. The average Bonchev–Trinajstić information content (AvgIpc) is 2.50. The van der Waals surface area contributed by atoms with Gasteiger partial charge in [0.25, 0.3) is 0 Å². The highest BCUT2D eigenvalue weighted by atomic mass is 16.5. The van der Waals surface area contributed by atoms with Gasteiger partial charge in [-0.25, -0.2) is 0 Å². The van der Waals surface area contributed by atoms with Crippen LogP contribution in [-0.2, 0) is 6.54 Å². The van der Waals surface area contributed by atoms with Gasteiger partial charge in [-0.15, -0.1) is 0 Å². The number of hydrogen-bond donors (Lipinski definition) is 1. The van der Waals surface area contributed by atoms with Gasteiger partial charge in [0.2, 0.25) is 0 Å². The molecule has 0 amide bonds. The van der Waals surface area contributed by atoms with Crippen LogP contribution in [0.1, 0.15) is 12.5 Å².